The van der Waals surface area contributed by atoms with Gasteiger partial charge in [0.2, 0.25) is 0 Å². The highest BCUT2D eigenvalue weighted by atomic mass is 16.5. The van der Waals surface area contributed by atoms with Crippen LogP contribution in [0.5, 0.6) is 0 Å². The van der Waals surface area contributed by atoms with Crippen molar-refractivity contribution in [3.8, 4) is 0 Å². The van der Waals surface area contributed by atoms with E-state index in [1.54, 1.807) is 6.92 Å². The van der Waals surface area contributed by atoms with E-state index in [4.69, 9.17) is 4.74 Å². The summed E-state index contributed by atoms with van der Waals surface area (Å²) >= 11 is 0. The zero-order valence-electron chi connectivity index (χ0n) is 23.7. The van der Waals surface area contributed by atoms with Crippen molar-refractivity contribution in [1.29, 1.82) is 0 Å². The lowest BCUT2D eigenvalue weighted by molar-refractivity contribution is -0.210. The fourth-order valence-electron chi connectivity index (χ4n) is 11.3. The molecular weight excluding hydrogens is 416 g/mol. The summed E-state index contributed by atoms with van der Waals surface area (Å²) in [5.41, 5.74) is 3.48. The van der Waals surface area contributed by atoms with Crippen LogP contribution in [0.4, 0.5) is 0 Å². The van der Waals surface area contributed by atoms with Crippen molar-refractivity contribution in [2.75, 3.05) is 0 Å². The Morgan fingerprint density at radius 1 is 0.912 bits per heavy atom. The van der Waals surface area contributed by atoms with Crippen LogP contribution in [0.25, 0.3) is 0 Å². The zero-order chi connectivity index (χ0) is 24.9. The molecule has 2 heteroatoms. The maximum Gasteiger partial charge on any atom is 0.302 e. The third-order valence-electron chi connectivity index (χ3n) is 13.4. The predicted octanol–water partition coefficient (Wildman–Crippen LogP) is 8.60. The van der Waals surface area contributed by atoms with E-state index >= 15 is 0 Å². The van der Waals surface area contributed by atoms with Gasteiger partial charge in [-0.1, -0.05) is 67.0 Å². The van der Waals surface area contributed by atoms with E-state index in [0.717, 1.165) is 30.1 Å². The summed E-state index contributed by atoms with van der Waals surface area (Å²) in [7, 11) is 0. The lowest BCUT2D eigenvalue weighted by Gasteiger charge is -2.70. The summed E-state index contributed by atoms with van der Waals surface area (Å²) in [4.78, 5) is 11.9. The molecule has 2 nitrogen and oxygen atoms in total. The monoisotopic (exact) mass is 468 g/mol. The highest BCUT2D eigenvalue weighted by Crippen LogP contribution is 2.76. The fourth-order valence-corrected chi connectivity index (χ4v) is 11.3. The molecule has 34 heavy (non-hydrogen) atoms. The van der Waals surface area contributed by atoms with Crippen LogP contribution in [0.2, 0.25) is 0 Å². The molecule has 5 aliphatic carbocycles. The quantitative estimate of drug-likeness (QED) is 0.299. The number of carbonyl (C=O) groups excluding carboxylic acids is 1. The number of carbonyl (C=O) groups is 1. The lowest BCUT2D eigenvalue weighted by Crippen LogP contribution is -2.64. The molecule has 9 atom stereocenters. The van der Waals surface area contributed by atoms with E-state index in [1.807, 2.05) is 5.57 Å². The van der Waals surface area contributed by atoms with Gasteiger partial charge < -0.3 is 4.74 Å². The summed E-state index contributed by atoms with van der Waals surface area (Å²) in [5.74, 6) is 3.69. The minimum absolute atomic E-state index is 0.0459. The Balaban J connectivity index is 1.54. The number of rotatable bonds is 2. The second kappa shape index (κ2) is 7.61. The summed E-state index contributed by atoms with van der Waals surface area (Å²) in [6, 6.07) is 0. The number of fused-ring (bicyclic) bond motifs is 7. The molecule has 5 rings (SSSR count). The molecule has 4 fully saturated rings. The molecule has 0 amide bonds. The summed E-state index contributed by atoms with van der Waals surface area (Å²) in [6.45, 7) is 22.0. The molecule has 0 bridgehead atoms. The van der Waals surface area contributed by atoms with Gasteiger partial charge in [-0.05, 0) is 109 Å². The van der Waals surface area contributed by atoms with Gasteiger partial charge in [-0.3, -0.25) is 4.79 Å². The maximum atomic E-state index is 11.9. The Morgan fingerprint density at radius 3 is 2.26 bits per heavy atom. The molecule has 0 N–H and O–H groups in total. The van der Waals surface area contributed by atoms with Gasteiger partial charge in [0.25, 0.3) is 0 Å². The van der Waals surface area contributed by atoms with Gasteiger partial charge in [0.15, 0.2) is 0 Å². The van der Waals surface area contributed by atoms with E-state index < -0.39 is 0 Å². The van der Waals surface area contributed by atoms with Gasteiger partial charge in [-0.15, -0.1) is 0 Å². The molecular formula is C32H52O2. The molecule has 0 aromatic carbocycles. The molecule has 0 saturated heterocycles. The van der Waals surface area contributed by atoms with E-state index in [-0.39, 0.29) is 17.5 Å². The minimum Gasteiger partial charge on any atom is -0.462 e. The van der Waals surface area contributed by atoms with Gasteiger partial charge >= 0.3 is 5.97 Å². The Hall–Kier alpha value is -0.790. The third kappa shape index (κ3) is 3.08. The Labute approximate surface area is 210 Å². The largest absolute Gasteiger partial charge is 0.462 e. The van der Waals surface area contributed by atoms with Crippen LogP contribution in [-0.2, 0) is 9.53 Å². The average Bonchev–Trinajstić information content (AvgIpc) is 3.08. The molecule has 0 unspecified atom stereocenters. The molecule has 0 heterocycles. The number of allylic oxidation sites excluding steroid dienone is 2. The molecule has 0 aromatic heterocycles. The minimum atomic E-state index is -0.110. The van der Waals surface area contributed by atoms with Crippen LogP contribution in [0.15, 0.2) is 11.6 Å². The van der Waals surface area contributed by atoms with Crippen molar-refractivity contribution in [2.24, 2.45) is 56.7 Å². The molecule has 0 spiro atoms. The lowest BCUT2D eigenvalue weighted by atomic mass is 9.34. The summed E-state index contributed by atoms with van der Waals surface area (Å²) < 4.78 is 5.91. The van der Waals surface area contributed by atoms with Gasteiger partial charge in [-0.2, -0.15) is 0 Å². The van der Waals surface area contributed by atoms with Gasteiger partial charge in [0.05, 0.1) is 0 Å². The maximum absolute atomic E-state index is 11.9. The van der Waals surface area contributed by atoms with Gasteiger partial charge in [0.1, 0.15) is 6.10 Å². The van der Waals surface area contributed by atoms with E-state index in [0.29, 0.717) is 27.6 Å². The Bertz CT molecular complexity index is 883. The first kappa shape index (κ1) is 24.9. The van der Waals surface area contributed by atoms with Crippen LogP contribution in [0.1, 0.15) is 120 Å². The number of hydrogen-bond donors (Lipinski definition) is 0. The van der Waals surface area contributed by atoms with Gasteiger partial charge in [0, 0.05) is 12.3 Å². The van der Waals surface area contributed by atoms with Crippen molar-refractivity contribution in [3.05, 3.63) is 11.6 Å². The topological polar surface area (TPSA) is 26.3 Å². The summed E-state index contributed by atoms with van der Waals surface area (Å²) in [5, 5.41) is 0. The Kier molecular flexibility index (Phi) is 5.57. The highest BCUT2D eigenvalue weighted by Gasteiger charge is 2.68. The molecule has 0 aromatic rings. The third-order valence-corrected chi connectivity index (χ3v) is 13.4. The van der Waals surface area contributed by atoms with Crippen LogP contribution >= 0.6 is 0 Å². The molecule has 0 radical (unpaired) electrons. The SMILES string of the molecule is CC(=O)O[C@H]1CC[C@@]2(C)[C@H](CC[C@]3(C)[C@@H]2CC=C2[C@@H]4[C@@H](C(C)C)CC[C@]4(C)CC[C@]23C)C1(C)C. The standard InChI is InChI=1S/C32H52O2/c1-20(2)22-12-15-29(6)18-19-31(8)23(27(22)29)10-11-25-30(7)16-14-26(34-21(3)33)28(4,5)24(30)13-17-32(25,31)9/h10,20,22,24-27H,11-19H2,1-9H3/t22-,24-,25-,26+,27+,29-,30+,31-,32-/m1/s1. The molecule has 5 aliphatic rings. The zero-order valence-corrected chi connectivity index (χ0v) is 23.7. The highest BCUT2D eigenvalue weighted by molar-refractivity contribution is 5.66. The van der Waals surface area contributed by atoms with Crippen molar-refractivity contribution < 1.29 is 9.53 Å². The first-order valence-electron chi connectivity index (χ1n) is 14.6. The van der Waals surface area contributed by atoms with Crippen LogP contribution in [0, 0.1) is 56.7 Å². The smallest absolute Gasteiger partial charge is 0.302 e. The van der Waals surface area contributed by atoms with Crippen LogP contribution in [0.3, 0.4) is 0 Å². The van der Waals surface area contributed by atoms with Crippen molar-refractivity contribution in [1.82, 2.24) is 0 Å². The number of hydrogen-bond acceptors (Lipinski definition) is 2. The van der Waals surface area contributed by atoms with E-state index in [9.17, 15) is 4.79 Å². The van der Waals surface area contributed by atoms with Crippen LogP contribution < -0.4 is 0 Å². The van der Waals surface area contributed by atoms with E-state index in [1.165, 1.54) is 51.4 Å². The fraction of sp³-hybridized carbons (Fsp3) is 0.906. The van der Waals surface area contributed by atoms with Crippen molar-refractivity contribution in [3.63, 3.8) is 0 Å². The second-order valence-corrected chi connectivity index (χ2v) is 15.3. The normalized spacial score (nSPS) is 51.6. The summed E-state index contributed by atoms with van der Waals surface area (Å²) in [6.07, 6.45) is 14.6. The molecule has 192 valence electrons. The first-order valence-corrected chi connectivity index (χ1v) is 14.6. The van der Waals surface area contributed by atoms with Crippen molar-refractivity contribution >= 4 is 5.97 Å². The average molecular weight is 469 g/mol. The Morgan fingerprint density at radius 2 is 1.62 bits per heavy atom. The van der Waals surface area contributed by atoms with Crippen LogP contribution in [-0.4, -0.2) is 12.1 Å². The predicted molar refractivity (Wildman–Crippen MR) is 140 cm³/mol. The second-order valence-electron chi connectivity index (χ2n) is 15.3. The molecule has 0 aliphatic heterocycles. The number of esters is 1. The van der Waals surface area contributed by atoms with Gasteiger partial charge in [-0.25, -0.2) is 0 Å². The first-order chi connectivity index (χ1) is 15.7. The van der Waals surface area contributed by atoms with Crippen molar-refractivity contribution in [2.45, 2.75) is 126 Å². The van der Waals surface area contributed by atoms with E-state index in [2.05, 4.69) is 61.5 Å². The number of ether oxygens (including phenoxy) is 1. The molecule has 4 saturated carbocycles.